The van der Waals surface area contributed by atoms with Gasteiger partial charge in [0.05, 0.1) is 13.2 Å². The predicted molar refractivity (Wildman–Crippen MR) is 154 cm³/mol. The zero-order valence-electron chi connectivity index (χ0n) is 22.4. The summed E-state index contributed by atoms with van der Waals surface area (Å²) in [6.45, 7) is 9.12. The number of furan rings is 1. The fourth-order valence-corrected chi connectivity index (χ4v) is 3.98. The molecule has 0 saturated heterocycles. The van der Waals surface area contributed by atoms with Crippen LogP contribution in [0.5, 0.6) is 11.5 Å². The van der Waals surface area contributed by atoms with Crippen LogP contribution in [-0.4, -0.2) is 37.0 Å². The van der Waals surface area contributed by atoms with E-state index in [0.717, 1.165) is 51.3 Å². The van der Waals surface area contributed by atoms with Gasteiger partial charge in [0.1, 0.15) is 34.5 Å². The zero-order chi connectivity index (χ0) is 27.1. The Balaban J connectivity index is 1.29. The molecule has 0 spiro atoms. The summed E-state index contributed by atoms with van der Waals surface area (Å²) in [6.07, 6.45) is 0.737. The van der Waals surface area contributed by atoms with Crippen molar-refractivity contribution in [3.05, 3.63) is 83.9 Å². The Morgan fingerprint density at radius 2 is 1.37 bits per heavy atom. The Kier molecular flexibility index (Phi) is 8.69. The van der Waals surface area contributed by atoms with E-state index in [9.17, 15) is 0 Å². The first kappa shape index (κ1) is 26.8. The third-order valence-electron chi connectivity index (χ3n) is 5.76. The maximum Gasteiger partial charge on any atom is 0.135 e. The highest BCUT2D eigenvalue weighted by Gasteiger charge is 2.10. The van der Waals surface area contributed by atoms with Crippen LogP contribution in [-0.2, 0) is 0 Å². The Morgan fingerprint density at radius 3 is 2.05 bits per heavy atom. The van der Waals surface area contributed by atoms with Crippen LogP contribution in [0.2, 0.25) is 0 Å². The number of amidine groups is 2. The van der Waals surface area contributed by atoms with Crippen LogP contribution in [0.25, 0.3) is 22.3 Å². The number of ether oxygens (including phenoxy) is 2. The van der Waals surface area contributed by atoms with Gasteiger partial charge in [0.2, 0.25) is 0 Å². The van der Waals surface area contributed by atoms with Crippen molar-refractivity contribution in [2.24, 2.45) is 0 Å². The van der Waals surface area contributed by atoms with Crippen LogP contribution >= 0.6 is 0 Å². The van der Waals surface area contributed by atoms with Gasteiger partial charge < -0.3 is 24.5 Å². The average Bonchev–Trinajstić information content (AvgIpc) is 3.32. The fraction of sp³-hybridized carbons (Fsp3) is 0.290. The fourth-order valence-electron chi connectivity index (χ4n) is 3.98. The smallest absolute Gasteiger partial charge is 0.135 e. The summed E-state index contributed by atoms with van der Waals surface area (Å²) in [5, 5.41) is 23.5. The predicted octanol–water partition coefficient (Wildman–Crippen LogP) is 6.59. The molecule has 198 valence electrons. The van der Waals surface area contributed by atoms with Gasteiger partial charge in [-0.25, -0.2) is 0 Å². The van der Waals surface area contributed by atoms with Crippen molar-refractivity contribution in [1.82, 2.24) is 10.6 Å². The molecule has 7 nitrogen and oxygen atoms in total. The molecule has 0 aliphatic rings. The first-order chi connectivity index (χ1) is 18.3. The lowest BCUT2D eigenvalue weighted by Gasteiger charge is -2.12. The zero-order valence-corrected chi connectivity index (χ0v) is 22.4. The van der Waals surface area contributed by atoms with Gasteiger partial charge in [0.25, 0.3) is 0 Å². The Labute approximate surface area is 224 Å². The van der Waals surface area contributed by atoms with Gasteiger partial charge in [0.15, 0.2) is 0 Å². The van der Waals surface area contributed by atoms with Crippen molar-refractivity contribution in [3.8, 4) is 22.8 Å². The van der Waals surface area contributed by atoms with Gasteiger partial charge in [-0.3, -0.25) is 10.8 Å². The van der Waals surface area contributed by atoms with Gasteiger partial charge in [-0.1, -0.05) is 12.1 Å². The van der Waals surface area contributed by atoms with Crippen molar-refractivity contribution in [3.63, 3.8) is 0 Å². The van der Waals surface area contributed by atoms with E-state index in [4.69, 9.17) is 24.7 Å². The first-order valence-electron chi connectivity index (χ1n) is 13.0. The van der Waals surface area contributed by atoms with Crippen molar-refractivity contribution in [1.29, 1.82) is 10.8 Å². The SMILES string of the molecule is CC(C)NC(=N)c1ccc(OCCCOc2cccc(-c3cc4cc(C(=N)NC(C)C)ccc4o3)c2)cc1. The average molecular weight is 513 g/mol. The number of hydrogen-bond acceptors (Lipinski definition) is 5. The van der Waals surface area contributed by atoms with E-state index in [1.807, 2.05) is 100 Å². The molecule has 0 radical (unpaired) electrons. The number of benzene rings is 3. The van der Waals surface area contributed by atoms with Gasteiger partial charge in [0, 0.05) is 40.6 Å². The van der Waals surface area contributed by atoms with Crippen molar-refractivity contribution in [2.45, 2.75) is 46.2 Å². The van der Waals surface area contributed by atoms with Crippen molar-refractivity contribution in [2.75, 3.05) is 13.2 Å². The number of nitrogens with one attached hydrogen (secondary N) is 4. The summed E-state index contributed by atoms with van der Waals surface area (Å²) in [7, 11) is 0. The van der Waals surface area contributed by atoms with Crippen LogP contribution in [0, 0.1) is 10.8 Å². The van der Waals surface area contributed by atoms with Gasteiger partial charge in [-0.2, -0.15) is 0 Å². The molecule has 0 aliphatic carbocycles. The minimum atomic E-state index is 0.201. The molecular formula is C31H36N4O3. The third kappa shape index (κ3) is 7.16. The largest absolute Gasteiger partial charge is 0.493 e. The highest BCUT2D eigenvalue weighted by atomic mass is 16.5. The minimum Gasteiger partial charge on any atom is -0.493 e. The molecule has 0 fully saturated rings. The van der Waals surface area contributed by atoms with E-state index in [1.165, 1.54) is 0 Å². The summed E-state index contributed by atoms with van der Waals surface area (Å²) in [5.74, 6) is 3.12. The Bertz CT molecular complexity index is 1390. The van der Waals surface area contributed by atoms with E-state index in [2.05, 4.69) is 10.6 Å². The number of hydrogen-bond donors (Lipinski definition) is 4. The topological polar surface area (TPSA) is 103 Å². The molecule has 38 heavy (non-hydrogen) atoms. The minimum absolute atomic E-state index is 0.201. The monoisotopic (exact) mass is 512 g/mol. The lowest BCUT2D eigenvalue weighted by atomic mass is 10.1. The van der Waals surface area contributed by atoms with E-state index in [0.29, 0.717) is 24.9 Å². The second-order valence-corrected chi connectivity index (χ2v) is 9.81. The van der Waals surface area contributed by atoms with Crippen LogP contribution in [0.3, 0.4) is 0 Å². The van der Waals surface area contributed by atoms with Crippen molar-refractivity contribution >= 4 is 22.6 Å². The second-order valence-electron chi connectivity index (χ2n) is 9.81. The molecule has 0 saturated carbocycles. The van der Waals surface area contributed by atoms with Crippen LogP contribution in [0.15, 0.2) is 77.2 Å². The highest BCUT2D eigenvalue weighted by molar-refractivity contribution is 6.00. The molecule has 0 unspecified atom stereocenters. The summed E-state index contributed by atoms with van der Waals surface area (Å²) >= 11 is 0. The van der Waals surface area contributed by atoms with E-state index in [-0.39, 0.29) is 12.1 Å². The standard InChI is InChI=1S/C31H36N4O3/c1-20(2)34-30(32)22-9-12-26(13-10-22)36-15-6-16-37-27-8-5-7-23(18-27)29-19-25-17-24(11-14-28(25)38-29)31(33)35-21(3)4/h5,7-14,17-21H,6,15-16H2,1-4H3,(H2,32,34)(H2,33,35). The molecule has 0 atom stereocenters. The summed E-state index contributed by atoms with van der Waals surface area (Å²) < 4.78 is 17.9. The molecule has 4 aromatic rings. The quantitative estimate of drug-likeness (QED) is 0.103. The second kappa shape index (κ2) is 12.3. The van der Waals surface area contributed by atoms with Crippen LogP contribution in [0.1, 0.15) is 45.2 Å². The van der Waals surface area contributed by atoms with E-state index >= 15 is 0 Å². The summed E-state index contributed by atoms with van der Waals surface area (Å²) in [5.41, 5.74) is 3.38. The number of rotatable bonds is 11. The van der Waals surface area contributed by atoms with Gasteiger partial charge >= 0.3 is 0 Å². The molecule has 1 heterocycles. The van der Waals surface area contributed by atoms with Gasteiger partial charge in [-0.05, 0) is 88.4 Å². The molecular weight excluding hydrogens is 476 g/mol. The van der Waals surface area contributed by atoms with Crippen molar-refractivity contribution < 1.29 is 13.9 Å². The molecule has 4 rings (SSSR count). The summed E-state index contributed by atoms with van der Waals surface area (Å²) in [6, 6.07) is 23.6. The maximum absolute atomic E-state index is 8.24. The van der Waals surface area contributed by atoms with E-state index in [1.54, 1.807) is 0 Å². The van der Waals surface area contributed by atoms with Crippen LogP contribution < -0.4 is 20.1 Å². The molecule has 0 amide bonds. The molecule has 0 bridgehead atoms. The highest BCUT2D eigenvalue weighted by Crippen LogP contribution is 2.30. The lowest BCUT2D eigenvalue weighted by molar-refractivity contribution is 0.247. The van der Waals surface area contributed by atoms with Gasteiger partial charge in [-0.15, -0.1) is 0 Å². The molecule has 7 heteroatoms. The number of fused-ring (bicyclic) bond motifs is 1. The first-order valence-corrected chi connectivity index (χ1v) is 13.0. The normalized spacial score (nSPS) is 11.1. The lowest BCUT2D eigenvalue weighted by Crippen LogP contribution is -2.30. The maximum atomic E-state index is 8.24. The molecule has 3 aromatic carbocycles. The Morgan fingerprint density at radius 1 is 0.737 bits per heavy atom. The molecule has 4 N–H and O–H groups in total. The Hall–Kier alpha value is -4.26. The molecule has 0 aliphatic heterocycles. The van der Waals surface area contributed by atoms with E-state index < -0.39 is 0 Å². The van der Waals surface area contributed by atoms with Crippen LogP contribution in [0.4, 0.5) is 0 Å². The summed E-state index contributed by atoms with van der Waals surface area (Å²) in [4.78, 5) is 0. The third-order valence-corrected chi connectivity index (χ3v) is 5.76. The molecule has 1 aromatic heterocycles.